The van der Waals surface area contributed by atoms with E-state index in [1.54, 1.807) is 28.0 Å². The molecule has 0 saturated carbocycles. The molecule has 2 amide bonds. The molecule has 1 saturated heterocycles. The third kappa shape index (κ3) is 4.35. The fourth-order valence-electron chi connectivity index (χ4n) is 2.39. The summed E-state index contributed by atoms with van der Waals surface area (Å²) in [5, 5.41) is 0.881. The van der Waals surface area contributed by atoms with E-state index in [9.17, 15) is 9.59 Å². The van der Waals surface area contributed by atoms with Gasteiger partial charge in [-0.2, -0.15) is 0 Å². The molecule has 2 rings (SSSR count). The third-order valence-corrected chi connectivity index (χ3v) is 3.92. The maximum absolute atomic E-state index is 12.5. The first-order chi connectivity index (χ1) is 10.4. The van der Waals surface area contributed by atoms with Crippen LogP contribution >= 0.6 is 23.2 Å². The summed E-state index contributed by atoms with van der Waals surface area (Å²) < 4.78 is 0. The van der Waals surface area contributed by atoms with Gasteiger partial charge in [0.2, 0.25) is 5.91 Å². The Morgan fingerprint density at radius 1 is 1.00 bits per heavy atom. The van der Waals surface area contributed by atoms with Gasteiger partial charge in [0.25, 0.3) is 5.91 Å². The second kappa shape index (κ2) is 7.31. The average molecular weight is 344 g/mol. The molecule has 0 radical (unpaired) electrons. The topological polar surface area (TPSA) is 43.9 Å². The van der Waals surface area contributed by atoms with Crippen LogP contribution in [0.1, 0.15) is 10.4 Å². The molecular formula is C15H19Cl2N3O2. The smallest absolute Gasteiger partial charge is 0.254 e. The van der Waals surface area contributed by atoms with Gasteiger partial charge < -0.3 is 14.7 Å². The van der Waals surface area contributed by atoms with Gasteiger partial charge in [-0.15, -0.1) is 0 Å². The van der Waals surface area contributed by atoms with E-state index in [1.165, 1.54) is 0 Å². The SMILES string of the molecule is CN(C)CC(=O)N1CCN(C(=O)c2cc(Cl)cc(Cl)c2)CC1. The molecule has 120 valence electrons. The minimum Gasteiger partial charge on any atom is -0.338 e. The zero-order valence-electron chi connectivity index (χ0n) is 12.7. The first-order valence-electron chi connectivity index (χ1n) is 7.04. The lowest BCUT2D eigenvalue weighted by molar-refractivity contribution is -0.133. The molecule has 1 aliphatic heterocycles. The minimum absolute atomic E-state index is 0.0860. The summed E-state index contributed by atoms with van der Waals surface area (Å²) in [6.45, 7) is 2.52. The van der Waals surface area contributed by atoms with Crippen molar-refractivity contribution in [1.82, 2.24) is 14.7 Å². The van der Waals surface area contributed by atoms with E-state index < -0.39 is 0 Å². The maximum Gasteiger partial charge on any atom is 0.254 e. The Morgan fingerprint density at radius 2 is 1.50 bits per heavy atom. The number of hydrogen-bond donors (Lipinski definition) is 0. The summed E-state index contributed by atoms with van der Waals surface area (Å²) >= 11 is 11.9. The van der Waals surface area contributed by atoms with Gasteiger partial charge in [-0.3, -0.25) is 9.59 Å². The van der Waals surface area contributed by atoms with E-state index in [4.69, 9.17) is 23.2 Å². The maximum atomic E-state index is 12.5. The lowest BCUT2D eigenvalue weighted by atomic mass is 10.2. The Labute approximate surface area is 140 Å². The average Bonchev–Trinajstić information content (AvgIpc) is 2.45. The van der Waals surface area contributed by atoms with Gasteiger partial charge in [-0.25, -0.2) is 0 Å². The van der Waals surface area contributed by atoms with Gasteiger partial charge in [-0.1, -0.05) is 23.2 Å². The van der Waals surface area contributed by atoms with E-state index in [0.29, 0.717) is 48.3 Å². The standard InChI is InChI=1S/C15H19Cl2N3O2/c1-18(2)10-14(21)19-3-5-20(6-4-19)15(22)11-7-12(16)9-13(17)8-11/h7-9H,3-6,10H2,1-2H3. The van der Waals surface area contributed by atoms with E-state index >= 15 is 0 Å². The first-order valence-corrected chi connectivity index (χ1v) is 7.80. The highest BCUT2D eigenvalue weighted by atomic mass is 35.5. The lowest BCUT2D eigenvalue weighted by Gasteiger charge is -2.35. The second-order valence-electron chi connectivity index (χ2n) is 5.57. The molecular weight excluding hydrogens is 325 g/mol. The minimum atomic E-state index is -0.107. The van der Waals surface area contributed by atoms with E-state index in [0.717, 1.165) is 0 Å². The Kier molecular flexibility index (Phi) is 5.67. The van der Waals surface area contributed by atoms with Crippen molar-refractivity contribution < 1.29 is 9.59 Å². The molecule has 0 bridgehead atoms. The summed E-state index contributed by atoms with van der Waals surface area (Å²) in [5.74, 6) is -0.0213. The van der Waals surface area contributed by atoms with Crippen molar-refractivity contribution in [3.63, 3.8) is 0 Å². The van der Waals surface area contributed by atoms with Gasteiger partial charge in [0.05, 0.1) is 6.54 Å². The molecule has 5 nitrogen and oxygen atoms in total. The Hall–Kier alpha value is -1.30. The van der Waals surface area contributed by atoms with Gasteiger partial charge in [0, 0.05) is 41.8 Å². The predicted octanol–water partition coefficient (Wildman–Crippen LogP) is 1.84. The summed E-state index contributed by atoms with van der Waals surface area (Å²) in [5.41, 5.74) is 0.477. The van der Waals surface area contributed by atoms with Crippen LogP contribution in [0.15, 0.2) is 18.2 Å². The third-order valence-electron chi connectivity index (χ3n) is 3.48. The van der Waals surface area contributed by atoms with E-state index in [1.807, 2.05) is 19.0 Å². The number of benzene rings is 1. The van der Waals surface area contributed by atoms with E-state index in [2.05, 4.69) is 0 Å². The molecule has 1 aromatic carbocycles. The van der Waals surface area contributed by atoms with Crippen LogP contribution < -0.4 is 0 Å². The van der Waals surface area contributed by atoms with Crippen molar-refractivity contribution in [3.05, 3.63) is 33.8 Å². The number of amides is 2. The molecule has 0 atom stereocenters. The van der Waals surface area contributed by atoms with Crippen molar-refractivity contribution in [2.45, 2.75) is 0 Å². The number of nitrogens with zero attached hydrogens (tertiary/aromatic N) is 3. The quantitative estimate of drug-likeness (QED) is 0.841. The van der Waals surface area contributed by atoms with Crippen LogP contribution in [-0.4, -0.2) is 73.3 Å². The normalized spacial score (nSPS) is 15.3. The number of carbonyl (C=O) groups is 2. The fourth-order valence-corrected chi connectivity index (χ4v) is 2.92. The Morgan fingerprint density at radius 3 is 2.00 bits per heavy atom. The van der Waals surface area contributed by atoms with Crippen molar-refractivity contribution in [3.8, 4) is 0 Å². The highest BCUT2D eigenvalue weighted by molar-refractivity contribution is 6.35. The first kappa shape index (κ1) is 17.1. The van der Waals surface area contributed by atoms with Crippen LogP contribution in [0, 0.1) is 0 Å². The van der Waals surface area contributed by atoms with Crippen molar-refractivity contribution in [2.24, 2.45) is 0 Å². The van der Waals surface area contributed by atoms with Crippen molar-refractivity contribution in [1.29, 1.82) is 0 Å². The number of carbonyl (C=O) groups excluding carboxylic acids is 2. The van der Waals surface area contributed by atoms with Gasteiger partial charge in [0.15, 0.2) is 0 Å². The lowest BCUT2D eigenvalue weighted by Crippen LogP contribution is -2.52. The molecule has 0 spiro atoms. The molecule has 1 heterocycles. The van der Waals surface area contributed by atoms with Gasteiger partial charge >= 0.3 is 0 Å². The zero-order valence-corrected chi connectivity index (χ0v) is 14.2. The monoisotopic (exact) mass is 343 g/mol. The van der Waals surface area contributed by atoms with Crippen molar-refractivity contribution in [2.75, 3.05) is 46.8 Å². The number of rotatable bonds is 3. The molecule has 0 unspecified atom stereocenters. The van der Waals surface area contributed by atoms with E-state index in [-0.39, 0.29) is 11.8 Å². The molecule has 0 aliphatic carbocycles. The number of halogens is 2. The molecule has 0 aromatic heterocycles. The van der Waals surface area contributed by atoms with Crippen LogP contribution in [0.5, 0.6) is 0 Å². The van der Waals surface area contributed by atoms with Crippen molar-refractivity contribution >= 4 is 35.0 Å². The molecule has 1 aliphatic rings. The number of likely N-dealkylation sites (N-methyl/N-ethyl adjacent to an activating group) is 1. The Balaban J connectivity index is 1.96. The molecule has 0 N–H and O–H groups in total. The largest absolute Gasteiger partial charge is 0.338 e. The van der Waals surface area contributed by atoms with Crippen LogP contribution in [0.3, 0.4) is 0 Å². The second-order valence-corrected chi connectivity index (χ2v) is 6.44. The van der Waals surface area contributed by atoms with Crippen LogP contribution in [0.25, 0.3) is 0 Å². The summed E-state index contributed by atoms with van der Waals surface area (Å²) in [6.07, 6.45) is 0. The van der Waals surface area contributed by atoms with Gasteiger partial charge in [-0.05, 0) is 32.3 Å². The summed E-state index contributed by atoms with van der Waals surface area (Å²) in [4.78, 5) is 29.8. The number of hydrogen-bond acceptors (Lipinski definition) is 3. The Bertz CT molecular complexity index is 550. The van der Waals surface area contributed by atoms with Crippen LogP contribution in [-0.2, 0) is 4.79 Å². The number of piperazine rings is 1. The predicted molar refractivity (Wildman–Crippen MR) is 87.5 cm³/mol. The highest BCUT2D eigenvalue weighted by Crippen LogP contribution is 2.20. The summed E-state index contributed by atoms with van der Waals surface area (Å²) in [6, 6.07) is 4.82. The molecule has 1 aromatic rings. The van der Waals surface area contributed by atoms with Gasteiger partial charge in [0.1, 0.15) is 0 Å². The highest BCUT2D eigenvalue weighted by Gasteiger charge is 2.25. The molecule has 22 heavy (non-hydrogen) atoms. The zero-order chi connectivity index (χ0) is 16.3. The summed E-state index contributed by atoms with van der Waals surface area (Å²) in [7, 11) is 3.72. The molecule has 7 heteroatoms. The van der Waals surface area contributed by atoms with Crippen LogP contribution in [0.2, 0.25) is 10.0 Å². The molecule has 1 fully saturated rings. The fraction of sp³-hybridized carbons (Fsp3) is 0.467. The van der Waals surface area contributed by atoms with Crippen LogP contribution in [0.4, 0.5) is 0 Å².